The van der Waals surface area contributed by atoms with Crippen LogP contribution in [0, 0.1) is 6.92 Å². The Morgan fingerprint density at radius 1 is 1.62 bits per heavy atom. The van der Waals surface area contributed by atoms with Gasteiger partial charge in [0.25, 0.3) is 0 Å². The van der Waals surface area contributed by atoms with Gasteiger partial charge in [-0.15, -0.1) is 11.3 Å². The Kier molecular flexibility index (Phi) is 3.05. The Bertz CT molecular complexity index is 502. The maximum absolute atomic E-state index is 11.4. The summed E-state index contributed by atoms with van der Waals surface area (Å²) in [6.45, 7) is 4.17. The van der Waals surface area contributed by atoms with E-state index >= 15 is 0 Å². The van der Waals surface area contributed by atoms with Crippen molar-refractivity contribution >= 4 is 17.3 Å². The van der Waals surface area contributed by atoms with Crippen LogP contribution in [0.5, 0.6) is 0 Å². The number of nitrogens with zero attached hydrogens (tertiary/aromatic N) is 1. The SMILES string of the molecule is CCOC(=O)c1cc(-c2ccsc2C)n[nH]1. The summed E-state index contributed by atoms with van der Waals surface area (Å²) >= 11 is 1.66. The Labute approximate surface area is 97.3 Å². The van der Waals surface area contributed by atoms with Gasteiger partial charge in [0, 0.05) is 10.4 Å². The molecule has 16 heavy (non-hydrogen) atoms. The van der Waals surface area contributed by atoms with Gasteiger partial charge in [0.1, 0.15) is 5.69 Å². The molecule has 0 spiro atoms. The van der Waals surface area contributed by atoms with E-state index in [4.69, 9.17) is 4.74 Å². The molecule has 0 aliphatic rings. The zero-order chi connectivity index (χ0) is 11.5. The molecule has 0 radical (unpaired) electrons. The highest BCUT2D eigenvalue weighted by atomic mass is 32.1. The molecule has 0 atom stereocenters. The lowest BCUT2D eigenvalue weighted by Crippen LogP contribution is -2.04. The quantitative estimate of drug-likeness (QED) is 0.833. The van der Waals surface area contributed by atoms with Crippen molar-refractivity contribution in [1.82, 2.24) is 10.2 Å². The third kappa shape index (κ3) is 1.99. The highest BCUT2D eigenvalue weighted by Gasteiger charge is 2.13. The van der Waals surface area contributed by atoms with Crippen molar-refractivity contribution in [1.29, 1.82) is 0 Å². The highest BCUT2D eigenvalue weighted by molar-refractivity contribution is 7.10. The standard InChI is InChI=1S/C11H12N2O2S/c1-3-15-11(14)10-6-9(12-13-10)8-4-5-16-7(8)2/h4-6H,3H2,1-2H3,(H,12,13). The summed E-state index contributed by atoms with van der Waals surface area (Å²) in [5, 5.41) is 8.79. The van der Waals surface area contributed by atoms with Crippen molar-refractivity contribution in [3.05, 3.63) is 28.1 Å². The molecule has 0 unspecified atom stereocenters. The molecule has 1 N–H and O–H groups in total. The van der Waals surface area contributed by atoms with Crippen molar-refractivity contribution in [3.63, 3.8) is 0 Å². The monoisotopic (exact) mass is 236 g/mol. The number of esters is 1. The van der Waals surface area contributed by atoms with Gasteiger partial charge < -0.3 is 4.74 Å². The van der Waals surface area contributed by atoms with Crippen molar-refractivity contribution < 1.29 is 9.53 Å². The first-order chi connectivity index (χ1) is 7.72. The molecule has 0 saturated heterocycles. The average Bonchev–Trinajstić information content (AvgIpc) is 2.86. The number of carbonyl (C=O) groups excluding carboxylic acids is 1. The number of carbonyl (C=O) groups is 1. The van der Waals surface area contributed by atoms with E-state index in [1.807, 2.05) is 18.4 Å². The van der Waals surface area contributed by atoms with E-state index in [1.165, 1.54) is 4.88 Å². The minimum Gasteiger partial charge on any atom is -0.461 e. The van der Waals surface area contributed by atoms with Crippen LogP contribution >= 0.6 is 11.3 Å². The Morgan fingerprint density at radius 3 is 3.06 bits per heavy atom. The van der Waals surface area contributed by atoms with E-state index in [0.29, 0.717) is 12.3 Å². The van der Waals surface area contributed by atoms with Gasteiger partial charge in [0.05, 0.1) is 12.3 Å². The topological polar surface area (TPSA) is 55.0 Å². The van der Waals surface area contributed by atoms with Crippen molar-refractivity contribution in [3.8, 4) is 11.3 Å². The van der Waals surface area contributed by atoms with Gasteiger partial charge in [-0.05, 0) is 31.4 Å². The molecular weight excluding hydrogens is 224 g/mol. The minimum atomic E-state index is -0.367. The Hall–Kier alpha value is -1.62. The molecule has 84 valence electrons. The number of aromatic nitrogens is 2. The zero-order valence-corrected chi connectivity index (χ0v) is 9.93. The predicted molar refractivity (Wildman–Crippen MR) is 62.6 cm³/mol. The second-order valence-corrected chi connectivity index (χ2v) is 4.40. The number of hydrogen-bond donors (Lipinski definition) is 1. The number of H-pyrrole nitrogens is 1. The average molecular weight is 236 g/mol. The fourth-order valence-corrected chi connectivity index (χ4v) is 2.13. The van der Waals surface area contributed by atoms with Gasteiger partial charge in [0.15, 0.2) is 0 Å². The summed E-state index contributed by atoms with van der Waals surface area (Å²) in [7, 11) is 0. The molecule has 0 aliphatic heterocycles. The van der Waals surface area contributed by atoms with E-state index in [-0.39, 0.29) is 5.97 Å². The first kappa shape index (κ1) is 10.9. The number of ether oxygens (including phenoxy) is 1. The zero-order valence-electron chi connectivity index (χ0n) is 9.11. The Balaban J connectivity index is 2.26. The normalized spacial score (nSPS) is 10.4. The van der Waals surface area contributed by atoms with Gasteiger partial charge in [-0.25, -0.2) is 4.79 Å². The van der Waals surface area contributed by atoms with Gasteiger partial charge in [-0.3, -0.25) is 5.10 Å². The smallest absolute Gasteiger partial charge is 0.356 e. The molecule has 4 nitrogen and oxygen atoms in total. The lowest BCUT2D eigenvalue weighted by atomic mass is 10.2. The van der Waals surface area contributed by atoms with Gasteiger partial charge in [-0.2, -0.15) is 5.10 Å². The lowest BCUT2D eigenvalue weighted by Gasteiger charge is -1.96. The molecule has 0 fully saturated rings. The third-order valence-corrected chi connectivity index (χ3v) is 3.05. The fourth-order valence-electron chi connectivity index (χ4n) is 1.42. The number of hydrogen-bond acceptors (Lipinski definition) is 4. The number of thiophene rings is 1. The summed E-state index contributed by atoms with van der Waals surface area (Å²) in [6.07, 6.45) is 0. The van der Waals surface area contributed by atoms with Crippen LogP contribution in [0.15, 0.2) is 17.5 Å². The van der Waals surface area contributed by atoms with Crippen LogP contribution in [0.4, 0.5) is 0 Å². The number of rotatable bonds is 3. The summed E-state index contributed by atoms with van der Waals surface area (Å²) in [4.78, 5) is 12.6. The van der Waals surface area contributed by atoms with Gasteiger partial charge >= 0.3 is 5.97 Å². The van der Waals surface area contributed by atoms with E-state index in [0.717, 1.165) is 11.3 Å². The summed E-state index contributed by atoms with van der Waals surface area (Å²) in [5.41, 5.74) is 2.22. The molecule has 0 amide bonds. The number of aryl methyl sites for hydroxylation is 1. The molecule has 2 heterocycles. The maximum Gasteiger partial charge on any atom is 0.356 e. The first-order valence-corrected chi connectivity index (χ1v) is 5.87. The van der Waals surface area contributed by atoms with Crippen LogP contribution in [0.1, 0.15) is 22.3 Å². The molecule has 0 saturated carbocycles. The largest absolute Gasteiger partial charge is 0.461 e. The Morgan fingerprint density at radius 2 is 2.44 bits per heavy atom. The van der Waals surface area contributed by atoms with Crippen molar-refractivity contribution in [2.45, 2.75) is 13.8 Å². The molecule has 2 aromatic heterocycles. The molecule has 0 aliphatic carbocycles. The van der Waals surface area contributed by atoms with Crippen LogP contribution < -0.4 is 0 Å². The van der Waals surface area contributed by atoms with E-state index < -0.39 is 0 Å². The van der Waals surface area contributed by atoms with E-state index in [9.17, 15) is 4.79 Å². The third-order valence-electron chi connectivity index (χ3n) is 2.21. The molecule has 2 aromatic rings. The molecule has 2 rings (SSSR count). The fraction of sp³-hybridized carbons (Fsp3) is 0.273. The molecule has 5 heteroatoms. The van der Waals surface area contributed by atoms with Crippen LogP contribution in [0.2, 0.25) is 0 Å². The second-order valence-electron chi connectivity index (χ2n) is 3.28. The first-order valence-electron chi connectivity index (χ1n) is 4.99. The van der Waals surface area contributed by atoms with Crippen LogP contribution in [0.3, 0.4) is 0 Å². The predicted octanol–water partition coefficient (Wildman–Crippen LogP) is 2.62. The molecule has 0 aromatic carbocycles. The maximum atomic E-state index is 11.4. The van der Waals surface area contributed by atoms with Gasteiger partial charge in [-0.1, -0.05) is 0 Å². The summed E-state index contributed by atoms with van der Waals surface area (Å²) in [5.74, 6) is -0.367. The number of aromatic amines is 1. The van der Waals surface area contributed by atoms with E-state index in [2.05, 4.69) is 10.2 Å². The van der Waals surface area contributed by atoms with Crippen LogP contribution in [-0.4, -0.2) is 22.8 Å². The van der Waals surface area contributed by atoms with Crippen molar-refractivity contribution in [2.75, 3.05) is 6.61 Å². The lowest BCUT2D eigenvalue weighted by molar-refractivity contribution is 0.0519. The summed E-state index contributed by atoms with van der Waals surface area (Å²) < 4.78 is 4.88. The highest BCUT2D eigenvalue weighted by Crippen LogP contribution is 2.26. The van der Waals surface area contributed by atoms with Crippen molar-refractivity contribution in [2.24, 2.45) is 0 Å². The van der Waals surface area contributed by atoms with Crippen LogP contribution in [0.25, 0.3) is 11.3 Å². The molecule has 0 bridgehead atoms. The number of nitrogens with one attached hydrogen (secondary N) is 1. The minimum absolute atomic E-state index is 0.366. The van der Waals surface area contributed by atoms with Gasteiger partial charge in [0.2, 0.25) is 0 Å². The van der Waals surface area contributed by atoms with E-state index in [1.54, 1.807) is 24.3 Å². The second kappa shape index (κ2) is 4.49. The van der Waals surface area contributed by atoms with Crippen LogP contribution in [-0.2, 0) is 4.74 Å². The molecular formula is C11H12N2O2S. The summed E-state index contributed by atoms with van der Waals surface area (Å²) in [6, 6.07) is 3.71.